The summed E-state index contributed by atoms with van der Waals surface area (Å²) in [6.45, 7) is 15.1. The van der Waals surface area contributed by atoms with Crippen LogP contribution in [0.25, 0.3) is 0 Å². The van der Waals surface area contributed by atoms with Crippen LogP contribution in [0.5, 0.6) is 0 Å². The van der Waals surface area contributed by atoms with Crippen LogP contribution in [0.3, 0.4) is 0 Å². The third-order valence-electron chi connectivity index (χ3n) is 12.7. The predicted octanol–water partition coefficient (Wildman–Crippen LogP) is 11.5. The lowest BCUT2D eigenvalue weighted by atomic mass is 9.45. The van der Waals surface area contributed by atoms with Crippen molar-refractivity contribution in [3.05, 3.63) is 0 Å². The molecule has 3 aliphatic rings. The van der Waals surface area contributed by atoms with Crippen molar-refractivity contribution in [2.75, 3.05) is 0 Å². The van der Waals surface area contributed by atoms with Crippen molar-refractivity contribution in [1.29, 1.82) is 0 Å². The first kappa shape index (κ1) is 31.5. The quantitative estimate of drug-likeness (QED) is 0.214. The van der Waals surface area contributed by atoms with Gasteiger partial charge >= 0.3 is 0 Å². The van der Waals surface area contributed by atoms with Crippen LogP contribution in [0.15, 0.2) is 0 Å². The van der Waals surface area contributed by atoms with E-state index in [-0.39, 0.29) is 5.41 Å². The molecule has 2 bridgehead atoms. The molecule has 1 heteroatoms. The van der Waals surface area contributed by atoms with Crippen molar-refractivity contribution < 1.29 is 5.11 Å². The van der Waals surface area contributed by atoms with E-state index in [0.717, 1.165) is 36.5 Å². The van der Waals surface area contributed by atoms with Gasteiger partial charge in [-0.3, -0.25) is 0 Å². The molecule has 0 radical (unpaired) electrons. The number of aliphatic hydroxyl groups is 1. The molecular formula is C36H68O. The molecule has 3 saturated carbocycles. The zero-order chi connectivity index (χ0) is 26.9. The number of unbranched alkanes of at least 4 members (excludes halogenated alkanes) is 13. The normalized spacial score (nSPS) is 37.5. The van der Waals surface area contributed by atoms with Gasteiger partial charge in [-0.25, -0.2) is 0 Å². The molecular weight excluding hydrogens is 448 g/mol. The molecule has 0 saturated heterocycles. The Morgan fingerprint density at radius 2 is 1.11 bits per heavy atom. The van der Waals surface area contributed by atoms with Gasteiger partial charge in [0.05, 0.1) is 5.60 Å². The first-order valence-corrected chi connectivity index (χ1v) is 17.4. The Morgan fingerprint density at radius 3 is 1.68 bits per heavy atom. The summed E-state index contributed by atoms with van der Waals surface area (Å²) >= 11 is 0. The van der Waals surface area contributed by atoms with Crippen molar-refractivity contribution in [3.8, 4) is 0 Å². The summed E-state index contributed by atoms with van der Waals surface area (Å²) in [7, 11) is 0. The fraction of sp³-hybridized carbons (Fsp3) is 1.00. The largest absolute Gasteiger partial charge is 0.389 e. The first-order chi connectivity index (χ1) is 17.7. The van der Waals surface area contributed by atoms with E-state index in [9.17, 15) is 5.11 Å². The molecule has 3 fully saturated rings. The van der Waals surface area contributed by atoms with E-state index in [0.29, 0.717) is 11.3 Å². The Kier molecular flexibility index (Phi) is 12.4. The molecule has 0 aromatic rings. The van der Waals surface area contributed by atoms with Crippen molar-refractivity contribution in [2.45, 2.75) is 188 Å². The third-order valence-corrected chi connectivity index (χ3v) is 12.7. The fourth-order valence-corrected chi connectivity index (χ4v) is 9.77. The highest BCUT2D eigenvalue weighted by Gasteiger charge is 2.58. The summed E-state index contributed by atoms with van der Waals surface area (Å²) < 4.78 is 0. The molecule has 0 aliphatic heterocycles. The van der Waals surface area contributed by atoms with Crippen LogP contribution in [0, 0.1) is 40.4 Å². The van der Waals surface area contributed by atoms with E-state index < -0.39 is 5.60 Å². The fourth-order valence-electron chi connectivity index (χ4n) is 9.77. The second kappa shape index (κ2) is 14.6. The molecule has 0 aromatic heterocycles. The summed E-state index contributed by atoms with van der Waals surface area (Å²) in [5.74, 6) is 4.02. The van der Waals surface area contributed by atoms with Crippen LogP contribution >= 0.6 is 0 Å². The zero-order valence-corrected chi connectivity index (χ0v) is 26.4. The van der Waals surface area contributed by atoms with Crippen LogP contribution in [0.1, 0.15) is 183 Å². The Morgan fingerprint density at radius 1 is 0.595 bits per heavy atom. The van der Waals surface area contributed by atoms with Crippen LogP contribution in [-0.2, 0) is 0 Å². The Bertz CT molecular complexity index is 639. The van der Waals surface area contributed by atoms with Gasteiger partial charge in [0.1, 0.15) is 0 Å². The number of rotatable bonds is 15. The van der Waals surface area contributed by atoms with Gasteiger partial charge in [0.2, 0.25) is 0 Å². The molecule has 3 rings (SSSR count). The molecule has 0 spiro atoms. The van der Waals surface area contributed by atoms with Gasteiger partial charge in [0.15, 0.2) is 0 Å². The van der Waals surface area contributed by atoms with Gasteiger partial charge in [-0.15, -0.1) is 0 Å². The van der Waals surface area contributed by atoms with Gasteiger partial charge < -0.3 is 5.11 Å². The van der Waals surface area contributed by atoms with E-state index in [1.165, 1.54) is 128 Å². The average molecular weight is 517 g/mol. The highest BCUT2D eigenvalue weighted by molar-refractivity contribution is 5.08. The highest BCUT2D eigenvalue weighted by Crippen LogP contribution is 2.63. The Balaban J connectivity index is 1.41. The van der Waals surface area contributed by atoms with Crippen molar-refractivity contribution in [2.24, 2.45) is 40.4 Å². The summed E-state index contributed by atoms with van der Waals surface area (Å²) in [6.07, 6.45) is 29.9. The topological polar surface area (TPSA) is 20.2 Å². The second-order valence-electron chi connectivity index (χ2n) is 15.4. The Labute approximate surface area is 233 Å². The third kappa shape index (κ3) is 7.79. The summed E-state index contributed by atoms with van der Waals surface area (Å²) in [5, 5.41) is 12.3. The maximum Gasteiger partial charge on any atom is 0.0703 e. The molecule has 0 amide bonds. The molecule has 218 valence electrons. The van der Waals surface area contributed by atoms with E-state index in [4.69, 9.17) is 0 Å². The molecule has 1 nitrogen and oxygen atoms in total. The predicted molar refractivity (Wildman–Crippen MR) is 163 cm³/mol. The lowest BCUT2D eigenvalue weighted by Gasteiger charge is -2.61. The van der Waals surface area contributed by atoms with Crippen LogP contribution in [0.2, 0.25) is 0 Å². The molecule has 1 unspecified atom stereocenters. The monoisotopic (exact) mass is 517 g/mol. The first-order valence-electron chi connectivity index (χ1n) is 17.4. The minimum Gasteiger partial charge on any atom is -0.389 e. The van der Waals surface area contributed by atoms with Crippen molar-refractivity contribution in [1.82, 2.24) is 0 Å². The van der Waals surface area contributed by atoms with Gasteiger partial charge in [0, 0.05) is 0 Å². The lowest BCUT2D eigenvalue weighted by molar-refractivity contribution is -0.185. The molecule has 0 heterocycles. The van der Waals surface area contributed by atoms with E-state index in [1.807, 2.05) is 0 Å². The number of hydrogen-bond donors (Lipinski definition) is 1. The van der Waals surface area contributed by atoms with Gasteiger partial charge in [-0.2, -0.15) is 0 Å². The average Bonchev–Trinajstić information content (AvgIpc) is 2.85. The van der Waals surface area contributed by atoms with Gasteiger partial charge in [-0.05, 0) is 85.4 Å². The lowest BCUT2D eigenvalue weighted by Crippen LogP contribution is -2.58. The standard InChI is InChI=1S/C36H68O/c1-7-8-9-10-11-12-13-14-15-16-17-18-19-20-25-36(37)27-23-30(3)33-28-31-22-21-29(2)32(34(31,4)5)24-26-35(33,36)6/h29-33,37H,7-28H2,1-6H3/t29-,30-,31+,32+,33-,35+,36?/m1/s1. The molecule has 7 atom stereocenters. The van der Waals surface area contributed by atoms with Crippen LogP contribution in [0.4, 0.5) is 0 Å². The van der Waals surface area contributed by atoms with Gasteiger partial charge in [0.25, 0.3) is 0 Å². The van der Waals surface area contributed by atoms with Crippen molar-refractivity contribution >= 4 is 0 Å². The number of hydrogen-bond acceptors (Lipinski definition) is 1. The minimum atomic E-state index is -0.430. The van der Waals surface area contributed by atoms with Gasteiger partial charge in [-0.1, -0.05) is 138 Å². The molecule has 1 N–H and O–H groups in total. The van der Waals surface area contributed by atoms with E-state index in [2.05, 4.69) is 41.5 Å². The van der Waals surface area contributed by atoms with E-state index >= 15 is 0 Å². The second-order valence-corrected chi connectivity index (χ2v) is 15.4. The Hall–Kier alpha value is -0.0400. The smallest absolute Gasteiger partial charge is 0.0703 e. The molecule has 0 aromatic carbocycles. The highest BCUT2D eigenvalue weighted by atomic mass is 16.3. The maximum atomic E-state index is 12.3. The van der Waals surface area contributed by atoms with Crippen molar-refractivity contribution in [3.63, 3.8) is 0 Å². The summed E-state index contributed by atoms with van der Waals surface area (Å²) in [5.41, 5.74) is 0.161. The number of fused-ring (bicyclic) bond motifs is 3. The minimum absolute atomic E-state index is 0.116. The van der Waals surface area contributed by atoms with E-state index in [1.54, 1.807) is 0 Å². The zero-order valence-electron chi connectivity index (χ0n) is 26.4. The maximum absolute atomic E-state index is 12.3. The van der Waals surface area contributed by atoms with Crippen LogP contribution in [-0.4, -0.2) is 10.7 Å². The summed E-state index contributed by atoms with van der Waals surface area (Å²) in [6, 6.07) is 0. The molecule has 3 aliphatic carbocycles. The van der Waals surface area contributed by atoms with Crippen LogP contribution < -0.4 is 0 Å². The molecule has 37 heavy (non-hydrogen) atoms. The SMILES string of the molecule is CCCCCCCCCCCCCCCCC1(O)CC[C@@H](C)[C@H]2C[C@@H]3CC[C@@H](C)[C@H](CC[C@@]21C)C3(C)C. The summed E-state index contributed by atoms with van der Waals surface area (Å²) in [4.78, 5) is 0.